The van der Waals surface area contributed by atoms with Gasteiger partial charge in [-0.1, -0.05) is 0 Å². The molecule has 0 aromatic carbocycles. The van der Waals surface area contributed by atoms with E-state index in [0.717, 1.165) is 18.2 Å². The summed E-state index contributed by atoms with van der Waals surface area (Å²) in [7, 11) is -1.45. The summed E-state index contributed by atoms with van der Waals surface area (Å²) in [5.41, 5.74) is 0. The van der Waals surface area contributed by atoms with E-state index in [9.17, 15) is 0 Å². The van der Waals surface area contributed by atoms with Crippen molar-refractivity contribution in [2.45, 2.75) is 25.5 Å². The molecular weight excluding hydrogens is 314 g/mol. The van der Waals surface area contributed by atoms with E-state index < -0.39 is 9.16 Å². The quantitative estimate of drug-likeness (QED) is 0.640. The number of halogens is 1. The monoisotopic (exact) mass is 337 g/mol. The van der Waals surface area contributed by atoms with Crippen LogP contribution in [0.1, 0.15) is 24.6 Å². The Morgan fingerprint density at radius 1 is 1.33 bits per heavy atom. The Morgan fingerprint density at radius 3 is 2.56 bits per heavy atom. The number of nitrogens with zero attached hydrogens (tertiary/aromatic N) is 3. The SMILES string of the molecule is C[SH](C)(C)(C)CCOCn1nc(Br)nc1C1CC1. The molecule has 2 rings (SSSR count). The molecule has 0 atom stereocenters. The third-order valence-electron chi connectivity index (χ3n) is 2.96. The number of rotatable bonds is 6. The fourth-order valence-electron chi connectivity index (χ4n) is 1.64. The molecule has 6 heteroatoms. The highest BCUT2D eigenvalue weighted by atomic mass is 79.9. The van der Waals surface area contributed by atoms with Crippen molar-refractivity contribution in [2.24, 2.45) is 0 Å². The minimum atomic E-state index is -1.45. The van der Waals surface area contributed by atoms with E-state index in [4.69, 9.17) is 4.74 Å². The van der Waals surface area contributed by atoms with Crippen molar-refractivity contribution in [3.63, 3.8) is 0 Å². The molecule has 0 N–H and O–H groups in total. The lowest BCUT2D eigenvalue weighted by Crippen LogP contribution is -2.20. The number of hydrogen-bond donors (Lipinski definition) is 1. The van der Waals surface area contributed by atoms with Gasteiger partial charge in [-0.15, -0.1) is 5.10 Å². The van der Waals surface area contributed by atoms with Crippen LogP contribution in [0.4, 0.5) is 0 Å². The van der Waals surface area contributed by atoms with E-state index >= 15 is 0 Å². The number of aromatic nitrogens is 3. The summed E-state index contributed by atoms with van der Waals surface area (Å²) in [5, 5.41) is 4.33. The summed E-state index contributed by atoms with van der Waals surface area (Å²) in [5.74, 6) is 2.82. The predicted molar refractivity (Wildman–Crippen MR) is 83.2 cm³/mol. The molecular formula is C12H24BrN3OS. The number of thiol groups is 1. The van der Waals surface area contributed by atoms with Crippen molar-refractivity contribution in [1.82, 2.24) is 14.8 Å². The van der Waals surface area contributed by atoms with Gasteiger partial charge in [0.15, 0.2) is 0 Å². The lowest BCUT2D eigenvalue weighted by Gasteiger charge is -2.46. The van der Waals surface area contributed by atoms with Gasteiger partial charge in [0.1, 0.15) is 12.6 Å². The Hall–Kier alpha value is -0.0700. The van der Waals surface area contributed by atoms with Crippen molar-refractivity contribution in [2.75, 3.05) is 37.4 Å². The molecule has 1 fully saturated rings. The Kier molecular flexibility index (Phi) is 3.82. The van der Waals surface area contributed by atoms with Gasteiger partial charge in [-0.25, -0.2) is 9.67 Å². The second kappa shape index (κ2) is 4.80. The van der Waals surface area contributed by atoms with Crippen LogP contribution in [-0.4, -0.2) is 52.1 Å². The Bertz CT molecular complexity index is 425. The minimum Gasteiger partial charge on any atom is -0.358 e. The summed E-state index contributed by atoms with van der Waals surface area (Å²) in [6.45, 7) is 1.33. The van der Waals surface area contributed by atoms with Gasteiger partial charge in [-0.2, -0.15) is 0 Å². The zero-order valence-corrected chi connectivity index (χ0v) is 14.2. The molecule has 1 saturated carbocycles. The van der Waals surface area contributed by atoms with E-state index in [0.29, 0.717) is 17.4 Å². The van der Waals surface area contributed by atoms with E-state index in [2.05, 4.69) is 51.0 Å². The maximum Gasteiger partial charge on any atom is 0.217 e. The molecule has 18 heavy (non-hydrogen) atoms. The zero-order valence-electron chi connectivity index (χ0n) is 11.7. The second-order valence-electron chi connectivity index (χ2n) is 7.22. The van der Waals surface area contributed by atoms with Crippen molar-refractivity contribution >= 4 is 25.1 Å². The standard InChI is InChI=1S/C12H24BrN3OS/c1-18(2,3,4)8-7-17-9-16-11(10-5-6-10)14-12(13)15-16/h10,18H,5-9H2,1-4H3. The highest BCUT2D eigenvalue weighted by molar-refractivity contribution is 9.10. The summed E-state index contributed by atoms with van der Waals surface area (Å²) >= 11 is 3.34. The minimum absolute atomic E-state index is 0.525. The molecule has 0 unspecified atom stereocenters. The van der Waals surface area contributed by atoms with Gasteiger partial charge >= 0.3 is 0 Å². The van der Waals surface area contributed by atoms with Crippen LogP contribution in [0.3, 0.4) is 0 Å². The largest absolute Gasteiger partial charge is 0.358 e. The van der Waals surface area contributed by atoms with Crippen LogP contribution in [0.5, 0.6) is 0 Å². The van der Waals surface area contributed by atoms with Crippen molar-refractivity contribution < 1.29 is 4.74 Å². The molecule has 0 bridgehead atoms. The molecule has 0 spiro atoms. The second-order valence-corrected chi connectivity index (χ2v) is 16.3. The van der Waals surface area contributed by atoms with Crippen molar-refractivity contribution in [1.29, 1.82) is 0 Å². The van der Waals surface area contributed by atoms with Gasteiger partial charge in [0.2, 0.25) is 4.73 Å². The molecule has 1 heterocycles. The molecule has 0 amide bonds. The summed E-state index contributed by atoms with van der Waals surface area (Å²) in [4.78, 5) is 4.41. The van der Waals surface area contributed by atoms with E-state index in [1.807, 2.05) is 4.68 Å². The molecule has 1 aromatic rings. The van der Waals surface area contributed by atoms with Crippen LogP contribution in [0, 0.1) is 0 Å². The van der Waals surface area contributed by atoms with Crippen LogP contribution in [0.25, 0.3) is 0 Å². The zero-order chi connectivity index (χ0) is 13.4. The smallest absolute Gasteiger partial charge is 0.217 e. The van der Waals surface area contributed by atoms with E-state index in [1.54, 1.807) is 0 Å². The molecule has 0 radical (unpaired) electrons. The Balaban J connectivity index is 1.83. The van der Waals surface area contributed by atoms with Gasteiger partial charge in [0.25, 0.3) is 0 Å². The van der Waals surface area contributed by atoms with Gasteiger partial charge < -0.3 is 4.74 Å². The Labute approximate surface area is 118 Å². The molecule has 1 aliphatic rings. The first-order chi connectivity index (χ1) is 8.21. The highest BCUT2D eigenvalue weighted by Crippen LogP contribution is 2.54. The third kappa shape index (κ3) is 4.55. The van der Waals surface area contributed by atoms with Crippen LogP contribution in [-0.2, 0) is 11.5 Å². The van der Waals surface area contributed by atoms with E-state index in [1.165, 1.54) is 12.8 Å². The topological polar surface area (TPSA) is 39.9 Å². The predicted octanol–water partition coefficient (Wildman–Crippen LogP) is 2.48. The fourth-order valence-corrected chi connectivity index (χ4v) is 2.88. The highest BCUT2D eigenvalue weighted by Gasteiger charge is 2.29. The van der Waals surface area contributed by atoms with Crippen LogP contribution in [0.15, 0.2) is 4.73 Å². The molecule has 4 nitrogen and oxygen atoms in total. The molecule has 1 aromatic heterocycles. The molecule has 106 valence electrons. The van der Waals surface area contributed by atoms with Gasteiger partial charge in [-0.3, -0.25) is 9.16 Å². The first-order valence-electron chi connectivity index (χ1n) is 6.39. The lowest BCUT2D eigenvalue weighted by molar-refractivity contribution is 0.0780. The van der Waals surface area contributed by atoms with Crippen LogP contribution < -0.4 is 0 Å². The number of hydrogen-bond acceptors (Lipinski definition) is 3. The van der Waals surface area contributed by atoms with Crippen molar-refractivity contribution in [3.05, 3.63) is 10.6 Å². The normalized spacial score (nSPS) is 18.6. The molecule has 0 saturated heterocycles. The summed E-state index contributed by atoms with van der Waals surface area (Å²) in [6, 6.07) is 0. The lowest BCUT2D eigenvalue weighted by atomic mass is 10.4. The van der Waals surface area contributed by atoms with Crippen LogP contribution >= 0.6 is 25.1 Å². The first-order valence-corrected chi connectivity index (χ1v) is 11.4. The Morgan fingerprint density at radius 2 is 2.00 bits per heavy atom. The number of ether oxygens (including phenoxy) is 1. The van der Waals surface area contributed by atoms with E-state index in [-0.39, 0.29) is 0 Å². The average molecular weight is 338 g/mol. The summed E-state index contributed by atoms with van der Waals surface area (Å²) in [6.07, 6.45) is 12.0. The maximum absolute atomic E-state index is 5.77. The van der Waals surface area contributed by atoms with Crippen molar-refractivity contribution in [3.8, 4) is 0 Å². The average Bonchev–Trinajstić information content (AvgIpc) is 2.96. The third-order valence-corrected chi connectivity index (χ3v) is 5.27. The summed E-state index contributed by atoms with van der Waals surface area (Å²) < 4.78 is 8.33. The van der Waals surface area contributed by atoms with Gasteiger partial charge in [0.05, 0.1) is 6.61 Å². The van der Waals surface area contributed by atoms with Crippen LogP contribution in [0.2, 0.25) is 0 Å². The van der Waals surface area contributed by atoms with Gasteiger partial charge in [-0.05, 0) is 59.5 Å². The maximum atomic E-state index is 5.77. The first kappa shape index (κ1) is 14.3. The fraction of sp³-hybridized carbons (Fsp3) is 0.833. The van der Waals surface area contributed by atoms with Gasteiger partial charge in [0, 0.05) is 5.92 Å². The molecule has 0 aliphatic heterocycles. The molecule has 1 aliphatic carbocycles.